The van der Waals surface area contributed by atoms with Gasteiger partial charge in [0, 0.05) is 38.2 Å². The smallest absolute Gasteiger partial charge is 0.355 e. The molecule has 0 saturated carbocycles. The van der Waals surface area contributed by atoms with Crippen molar-refractivity contribution in [2.45, 2.75) is 44.4 Å². The highest BCUT2D eigenvalue weighted by atomic mass is 32.1. The molecule has 0 radical (unpaired) electrons. The molecule has 1 aliphatic rings. The van der Waals surface area contributed by atoms with Crippen molar-refractivity contribution in [2.24, 2.45) is 0 Å². The number of hydrogen-bond donors (Lipinski definition) is 3. The number of hydrogen-bond acceptors (Lipinski definition) is 12. The van der Waals surface area contributed by atoms with E-state index < -0.39 is 11.7 Å². The van der Waals surface area contributed by atoms with E-state index in [1.54, 1.807) is 6.20 Å². The van der Waals surface area contributed by atoms with Gasteiger partial charge in [-0.2, -0.15) is 13.2 Å². The zero-order valence-corrected chi connectivity index (χ0v) is 26.3. The highest BCUT2D eigenvalue weighted by Gasteiger charge is 2.30. The van der Waals surface area contributed by atoms with Gasteiger partial charge in [0.25, 0.3) is 0 Å². The molecule has 4 heterocycles. The van der Waals surface area contributed by atoms with E-state index in [1.807, 2.05) is 30.3 Å². The van der Waals surface area contributed by atoms with Crippen molar-refractivity contribution < 1.29 is 22.8 Å². The van der Waals surface area contributed by atoms with Gasteiger partial charge in [-0.15, -0.1) is 25.5 Å². The number of benzene rings is 2. The van der Waals surface area contributed by atoms with E-state index in [2.05, 4.69) is 51.6 Å². The van der Waals surface area contributed by atoms with Crippen LogP contribution in [0.3, 0.4) is 0 Å². The summed E-state index contributed by atoms with van der Waals surface area (Å²) in [7, 11) is 0. The highest BCUT2D eigenvalue weighted by Crippen LogP contribution is 2.30. The van der Waals surface area contributed by atoms with Gasteiger partial charge in [0.15, 0.2) is 0 Å². The van der Waals surface area contributed by atoms with E-state index in [0.29, 0.717) is 44.7 Å². The zero-order valence-electron chi connectivity index (χ0n) is 24.6. The number of carbonyl (C=O) groups excluding carboxylic acids is 2. The van der Waals surface area contributed by atoms with Crippen molar-refractivity contribution in [2.75, 3.05) is 33.9 Å². The molecule has 244 valence electrons. The average molecular weight is 684 g/mol. The molecule has 18 heteroatoms. The van der Waals surface area contributed by atoms with Crippen LogP contribution in [-0.4, -0.2) is 66.3 Å². The third kappa shape index (κ3) is 8.85. The summed E-state index contributed by atoms with van der Waals surface area (Å²) < 4.78 is 39.8. The summed E-state index contributed by atoms with van der Waals surface area (Å²) >= 11 is 2.55. The number of anilines is 4. The first-order chi connectivity index (χ1) is 22.7. The van der Waals surface area contributed by atoms with Crippen LogP contribution < -0.4 is 20.9 Å². The number of nitrogens with zero attached hydrogens (tertiary/aromatic N) is 8. The number of aromatic nitrogens is 7. The van der Waals surface area contributed by atoms with E-state index >= 15 is 0 Å². The summed E-state index contributed by atoms with van der Waals surface area (Å²) in [6, 6.07) is 14.4. The number of aryl methyl sites for hydroxylation is 1. The fourth-order valence-corrected chi connectivity index (χ4v) is 6.37. The lowest BCUT2D eigenvalue weighted by molar-refractivity contribution is -0.137. The molecular weight excluding hydrogens is 656 g/mol. The lowest BCUT2D eigenvalue weighted by atomic mass is 10.1. The Morgan fingerprint density at radius 1 is 0.851 bits per heavy atom. The van der Waals surface area contributed by atoms with Crippen LogP contribution in [0.2, 0.25) is 0 Å². The van der Waals surface area contributed by atoms with Gasteiger partial charge in [0.05, 0.1) is 24.2 Å². The number of nitrogens with one attached hydrogen (secondary N) is 3. The predicted molar refractivity (Wildman–Crippen MR) is 170 cm³/mol. The van der Waals surface area contributed by atoms with Gasteiger partial charge in [0.2, 0.25) is 32.3 Å². The molecule has 1 fully saturated rings. The number of halogens is 3. The fraction of sp³-hybridized carbons (Fsp3) is 0.310. The molecule has 1 atom stereocenters. The van der Waals surface area contributed by atoms with Crippen molar-refractivity contribution >= 4 is 55.0 Å². The first-order valence-corrected chi connectivity index (χ1v) is 16.2. The molecule has 6 rings (SSSR count). The van der Waals surface area contributed by atoms with E-state index in [0.717, 1.165) is 30.7 Å². The minimum Gasteiger partial charge on any atom is -0.355 e. The average Bonchev–Trinajstić information content (AvgIpc) is 3.86. The van der Waals surface area contributed by atoms with Crippen LogP contribution in [-0.2, 0) is 35.2 Å². The Labute approximate surface area is 274 Å². The Morgan fingerprint density at radius 2 is 1.57 bits per heavy atom. The molecule has 47 heavy (non-hydrogen) atoms. The van der Waals surface area contributed by atoms with Gasteiger partial charge < -0.3 is 20.9 Å². The van der Waals surface area contributed by atoms with Gasteiger partial charge in [-0.3, -0.25) is 9.59 Å². The van der Waals surface area contributed by atoms with Gasteiger partial charge in [-0.25, -0.2) is 4.68 Å². The Balaban J connectivity index is 0.919. The monoisotopic (exact) mass is 683 g/mol. The lowest BCUT2D eigenvalue weighted by Gasteiger charge is -2.14. The maximum atomic E-state index is 12.8. The molecule has 0 aliphatic carbocycles. The topological polar surface area (TPSA) is 156 Å². The molecule has 2 amide bonds. The third-order valence-corrected chi connectivity index (χ3v) is 8.82. The molecular formula is C29H28F3N11O2S2. The minimum atomic E-state index is -4.39. The van der Waals surface area contributed by atoms with E-state index in [-0.39, 0.29) is 37.2 Å². The Kier molecular flexibility index (Phi) is 9.67. The summed E-state index contributed by atoms with van der Waals surface area (Å²) in [5.41, 5.74) is 1.43. The SMILES string of the molecule is O=C(Cc1ccccc1)Nc1nnc(N[C@H]2CCN(c3nnc(NC(=O)CCc4cn(Cc5ccc(C(F)(F)F)cc5)nn4)s3)C2)s1. The van der Waals surface area contributed by atoms with Crippen LogP contribution in [0.25, 0.3) is 0 Å². The minimum absolute atomic E-state index is 0.0884. The number of carbonyl (C=O) groups is 2. The Hall–Kier alpha value is -4.97. The van der Waals surface area contributed by atoms with Gasteiger partial charge >= 0.3 is 6.18 Å². The predicted octanol–water partition coefficient (Wildman–Crippen LogP) is 4.49. The van der Waals surface area contributed by atoms with Crippen LogP contribution >= 0.6 is 22.7 Å². The second-order valence-electron chi connectivity index (χ2n) is 10.7. The van der Waals surface area contributed by atoms with Gasteiger partial charge in [0.1, 0.15) is 0 Å². The number of alkyl halides is 3. The molecule has 1 aliphatic heterocycles. The zero-order chi connectivity index (χ0) is 32.8. The van der Waals surface area contributed by atoms with E-state index in [9.17, 15) is 22.8 Å². The van der Waals surface area contributed by atoms with E-state index in [4.69, 9.17) is 0 Å². The third-order valence-electron chi connectivity index (χ3n) is 7.15. The van der Waals surface area contributed by atoms with Crippen molar-refractivity contribution in [3.8, 4) is 0 Å². The van der Waals surface area contributed by atoms with Crippen LogP contribution in [0.4, 0.5) is 33.7 Å². The molecule has 13 nitrogen and oxygen atoms in total. The summed E-state index contributed by atoms with van der Waals surface area (Å²) in [4.78, 5) is 27.0. The normalized spacial score (nSPS) is 14.7. The molecule has 3 N–H and O–H groups in total. The van der Waals surface area contributed by atoms with Crippen LogP contribution in [0.5, 0.6) is 0 Å². The van der Waals surface area contributed by atoms with Crippen molar-refractivity contribution in [1.29, 1.82) is 0 Å². The standard InChI is InChI=1S/C29H28F3N11O2S2/c30-29(31,32)20-8-6-19(7-9-20)15-43-17-22(36-41-43)10-11-23(44)34-27-39-40-28(47-27)42-13-12-21(16-42)33-25-37-38-26(46-25)35-24(45)14-18-4-2-1-3-5-18/h1-9,17,21H,10-16H2,(H,33,37)(H,34,39,44)(H,35,38,45)/t21-/m0/s1. The van der Waals surface area contributed by atoms with E-state index in [1.165, 1.54) is 39.5 Å². The molecule has 0 spiro atoms. The van der Waals surface area contributed by atoms with Gasteiger partial charge in [-0.1, -0.05) is 70.4 Å². The molecule has 0 bridgehead atoms. The molecule has 3 aromatic heterocycles. The second-order valence-corrected chi connectivity index (χ2v) is 12.7. The van der Waals surface area contributed by atoms with Crippen molar-refractivity contribution in [3.05, 3.63) is 83.2 Å². The molecule has 0 unspecified atom stereocenters. The first kappa shape index (κ1) is 32.0. The van der Waals surface area contributed by atoms with Crippen LogP contribution in [0.15, 0.2) is 60.8 Å². The molecule has 1 saturated heterocycles. The van der Waals surface area contributed by atoms with Gasteiger partial charge in [-0.05, 0) is 29.7 Å². The first-order valence-electron chi connectivity index (χ1n) is 14.5. The number of amides is 2. The largest absolute Gasteiger partial charge is 0.416 e. The summed E-state index contributed by atoms with van der Waals surface area (Å²) in [6.45, 7) is 1.65. The molecule has 2 aromatic carbocycles. The highest BCUT2D eigenvalue weighted by molar-refractivity contribution is 7.19. The summed E-state index contributed by atoms with van der Waals surface area (Å²) in [5.74, 6) is -0.415. The summed E-state index contributed by atoms with van der Waals surface area (Å²) in [5, 5.41) is 35.7. The molecule has 5 aromatic rings. The fourth-order valence-electron chi connectivity index (χ4n) is 4.84. The Bertz CT molecular complexity index is 1810. The quantitative estimate of drug-likeness (QED) is 0.171. The van der Waals surface area contributed by atoms with Crippen LogP contribution in [0, 0.1) is 0 Å². The Morgan fingerprint density at radius 3 is 2.36 bits per heavy atom. The van der Waals surface area contributed by atoms with Crippen molar-refractivity contribution in [1.82, 2.24) is 35.4 Å². The maximum absolute atomic E-state index is 12.8. The number of rotatable bonds is 12. The van der Waals surface area contributed by atoms with Crippen molar-refractivity contribution in [3.63, 3.8) is 0 Å². The summed E-state index contributed by atoms with van der Waals surface area (Å²) in [6.07, 6.45) is -1.17. The maximum Gasteiger partial charge on any atom is 0.416 e. The lowest BCUT2D eigenvalue weighted by Crippen LogP contribution is -2.25. The second kappa shape index (κ2) is 14.2. The van der Waals surface area contributed by atoms with Crippen LogP contribution in [0.1, 0.15) is 35.2 Å².